The monoisotopic (exact) mass is 423 g/mol. The van der Waals surface area contributed by atoms with E-state index in [4.69, 9.17) is 16.2 Å². The molecule has 2 aromatic rings. The first-order valence-corrected chi connectivity index (χ1v) is 9.91. The minimum absolute atomic E-state index is 0.0389. The van der Waals surface area contributed by atoms with Crippen molar-refractivity contribution in [2.45, 2.75) is 19.4 Å². The Morgan fingerprint density at radius 2 is 1.87 bits per heavy atom. The standard InChI is InChI=1S/C22H25N5O4/c23-22(24)25-10-8-15-6-7-17-18(12-15)27(13-16-4-2-1-3-5-16)19(28)14-26(21(17)31)11-9-20(29)30/h1-7,12H,8-11,13-14H2,(H,29,30)(H4,23,24,25). The van der Waals surface area contributed by atoms with E-state index in [2.05, 4.69) is 5.32 Å². The second kappa shape index (κ2) is 9.75. The van der Waals surface area contributed by atoms with Gasteiger partial charge in [-0.15, -0.1) is 0 Å². The van der Waals surface area contributed by atoms with Crippen molar-refractivity contribution in [1.82, 2.24) is 10.2 Å². The average molecular weight is 423 g/mol. The Morgan fingerprint density at radius 3 is 2.55 bits per heavy atom. The molecule has 0 saturated heterocycles. The molecule has 0 fully saturated rings. The highest BCUT2D eigenvalue weighted by Gasteiger charge is 2.32. The zero-order valence-electron chi connectivity index (χ0n) is 17.0. The van der Waals surface area contributed by atoms with Crippen molar-refractivity contribution < 1.29 is 19.5 Å². The van der Waals surface area contributed by atoms with Gasteiger partial charge in [0.1, 0.15) is 6.54 Å². The molecule has 0 radical (unpaired) electrons. The van der Waals surface area contributed by atoms with Crippen molar-refractivity contribution in [2.24, 2.45) is 5.73 Å². The van der Waals surface area contributed by atoms with Gasteiger partial charge < -0.3 is 26.0 Å². The number of fused-ring (bicyclic) bond motifs is 1. The smallest absolute Gasteiger partial charge is 0.305 e. The van der Waals surface area contributed by atoms with E-state index in [-0.39, 0.29) is 37.3 Å². The van der Waals surface area contributed by atoms with Crippen molar-refractivity contribution in [3.8, 4) is 0 Å². The number of hydrogen-bond acceptors (Lipinski definition) is 4. The summed E-state index contributed by atoms with van der Waals surface area (Å²) in [6, 6.07) is 14.7. The molecular formula is C22H25N5O4. The molecule has 0 atom stereocenters. The van der Waals surface area contributed by atoms with E-state index >= 15 is 0 Å². The van der Waals surface area contributed by atoms with Gasteiger partial charge in [0.15, 0.2) is 5.96 Å². The van der Waals surface area contributed by atoms with Crippen molar-refractivity contribution in [2.75, 3.05) is 24.5 Å². The number of amides is 2. The molecule has 5 N–H and O–H groups in total. The highest BCUT2D eigenvalue weighted by Crippen LogP contribution is 2.29. The Balaban J connectivity index is 1.96. The Labute approximate surface area is 180 Å². The molecule has 9 heteroatoms. The van der Waals surface area contributed by atoms with Crippen molar-refractivity contribution in [1.29, 1.82) is 5.41 Å². The first-order chi connectivity index (χ1) is 14.8. The Hall–Kier alpha value is -3.88. The van der Waals surface area contributed by atoms with Gasteiger partial charge in [-0.1, -0.05) is 36.4 Å². The lowest BCUT2D eigenvalue weighted by Gasteiger charge is -2.23. The summed E-state index contributed by atoms with van der Waals surface area (Å²) < 4.78 is 0. The molecule has 0 aromatic heterocycles. The summed E-state index contributed by atoms with van der Waals surface area (Å²) in [5, 5.41) is 19.0. The number of nitrogens with two attached hydrogens (primary N) is 1. The van der Waals surface area contributed by atoms with Gasteiger partial charge in [-0.2, -0.15) is 0 Å². The van der Waals surface area contributed by atoms with Gasteiger partial charge in [0.05, 0.1) is 24.2 Å². The number of benzene rings is 2. The van der Waals surface area contributed by atoms with Crippen LogP contribution in [0.1, 0.15) is 27.9 Å². The van der Waals surface area contributed by atoms with Crippen LogP contribution in [0, 0.1) is 5.41 Å². The maximum Gasteiger partial charge on any atom is 0.305 e. The van der Waals surface area contributed by atoms with Crippen LogP contribution in [0.15, 0.2) is 48.5 Å². The molecule has 0 aliphatic carbocycles. The number of guanidine groups is 1. The third kappa shape index (κ3) is 5.59. The van der Waals surface area contributed by atoms with E-state index < -0.39 is 5.97 Å². The number of carbonyl (C=O) groups is 3. The van der Waals surface area contributed by atoms with Gasteiger partial charge in [0.25, 0.3) is 5.91 Å². The predicted octanol–water partition coefficient (Wildman–Crippen LogP) is 1.18. The van der Waals surface area contributed by atoms with E-state index in [0.29, 0.717) is 30.8 Å². The quantitative estimate of drug-likeness (QED) is 0.371. The molecule has 9 nitrogen and oxygen atoms in total. The molecule has 0 bridgehead atoms. The third-order valence-electron chi connectivity index (χ3n) is 5.01. The van der Waals surface area contributed by atoms with E-state index in [0.717, 1.165) is 11.1 Å². The van der Waals surface area contributed by atoms with Crippen LogP contribution in [-0.4, -0.2) is 53.4 Å². The molecule has 0 spiro atoms. The van der Waals surface area contributed by atoms with Crippen molar-refractivity contribution >= 4 is 29.4 Å². The first-order valence-electron chi connectivity index (χ1n) is 9.91. The Morgan fingerprint density at radius 1 is 1.13 bits per heavy atom. The maximum atomic E-state index is 13.1. The van der Waals surface area contributed by atoms with Gasteiger partial charge in [-0.05, 0) is 29.7 Å². The van der Waals surface area contributed by atoms with Gasteiger partial charge in [0.2, 0.25) is 5.91 Å². The second-order valence-corrected chi connectivity index (χ2v) is 7.28. The fourth-order valence-electron chi connectivity index (χ4n) is 3.45. The zero-order chi connectivity index (χ0) is 22.4. The molecule has 162 valence electrons. The number of hydrogen-bond donors (Lipinski definition) is 4. The lowest BCUT2D eigenvalue weighted by Crippen LogP contribution is -2.40. The summed E-state index contributed by atoms with van der Waals surface area (Å²) in [7, 11) is 0. The summed E-state index contributed by atoms with van der Waals surface area (Å²) in [6.45, 7) is 0.513. The predicted molar refractivity (Wildman–Crippen MR) is 116 cm³/mol. The molecule has 1 aliphatic rings. The van der Waals surface area contributed by atoms with Crippen LogP contribution in [0.2, 0.25) is 0 Å². The summed E-state index contributed by atoms with van der Waals surface area (Å²) >= 11 is 0. The number of carbonyl (C=O) groups excluding carboxylic acids is 2. The molecular weight excluding hydrogens is 398 g/mol. The van der Waals surface area contributed by atoms with Gasteiger partial charge in [-0.25, -0.2) is 0 Å². The van der Waals surface area contributed by atoms with Crippen LogP contribution in [0.25, 0.3) is 0 Å². The molecule has 0 saturated carbocycles. The molecule has 3 rings (SSSR count). The van der Waals surface area contributed by atoms with Crippen LogP contribution >= 0.6 is 0 Å². The first kappa shape index (κ1) is 21.8. The highest BCUT2D eigenvalue weighted by molar-refractivity contribution is 6.09. The Kier molecular flexibility index (Phi) is 6.86. The minimum Gasteiger partial charge on any atom is -0.481 e. The van der Waals surface area contributed by atoms with E-state index in [1.165, 1.54) is 4.90 Å². The Bertz CT molecular complexity index is 993. The van der Waals surface area contributed by atoms with Crippen LogP contribution in [0.4, 0.5) is 5.69 Å². The normalized spacial score (nSPS) is 13.5. The van der Waals surface area contributed by atoms with Crippen LogP contribution in [0.5, 0.6) is 0 Å². The minimum atomic E-state index is -1.03. The summed E-state index contributed by atoms with van der Waals surface area (Å²) in [4.78, 5) is 40.1. The topological polar surface area (TPSA) is 140 Å². The van der Waals surface area contributed by atoms with Gasteiger partial charge in [-0.3, -0.25) is 19.8 Å². The molecule has 31 heavy (non-hydrogen) atoms. The number of carboxylic acid groups (broad SMARTS) is 1. The highest BCUT2D eigenvalue weighted by atomic mass is 16.4. The number of nitrogens with one attached hydrogen (secondary N) is 2. The number of anilines is 1. The van der Waals surface area contributed by atoms with E-state index in [1.807, 2.05) is 30.3 Å². The zero-order valence-corrected chi connectivity index (χ0v) is 17.0. The van der Waals surface area contributed by atoms with E-state index in [9.17, 15) is 14.4 Å². The largest absolute Gasteiger partial charge is 0.481 e. The summed E-state index contributed by atoms with van der Waals surface area (Å²) in [5.41, 5.74) is 7.97. The number of aliphatic carboxylic acids is 1. The van der Waals surface area contributed by atoms with E-state index in [1.54, 1.807) is 23.1 Å². The molecule has 1 aliphatic heterocycles. The van der Waals surface area contributed by atoms with Gasteiger partial charge in [0, 0.05) is 13.1 Å². The fraction of sp³-hybridized carbons (Fsp3) is 0.273. The second-order valence-electron chi connectivity index (χ2n) is 7.28. The molecule has 1 heterocycles. The summed E-state index contributed by atoms with van der Waals surface area (Å²) in [5.74, 6) is -1.80. The van der Waals surface area contributed by atoms with Crippen LogP contribution in [-0.2, 0) is 22.6 Å². The maximum absolute atomic E-state index is 13.1. The lowest BCUT2D eigenvalue weighted by atomic mass is 10.0. The molecule has 0 unspecified atom stereocenters. The number of carboxylic acids is 1. The lowest BCUT2D eigenvalue weighted by molar-refractivity contribution is -0.137. The molecule has 2 amide bonds. The van der Waals surface area contributed by atoms with Gasteiger partial charge >= 0.3 is 5.97 Å². The third-order valence-corrected chi connectivity index (χ3v) is 5.01. The van der Waals surface area contributed by atoms with Crippen molar-refractivity contribution in [3.05, 3.63) is 65.2 Å². The molecule has 2 aromatic carbocycles. The SMILES string of the molecule is N=C(N)NCCc1ccc2c(c1)N(Cc1ccccc1)C(=O)CN(CCC(=O)O)C2=O. The van der Waals surface area contributed by atoms with Crippen LogP contribution < -0.4 is 16.0 Å². The van der Waals surface area contributed by atoms with Crippen molar-refractivity contribution in [3.63, 3.8) is 0 Å². The van der Waals surface area contributed by atoms with Crippen LogP contribution in [0.3, 0.4) is 0 Å². The average Bonchev–Trinajstić information content (AvgIpc) is 2.83. The summed E-state index contributed by atoms with van der Waals surface area (Å²) in [6.07, 6.45) is 0.318. The number of nitrogens with zero attached hydrogens (tertiary/aromatic N) is 2. The fourth-order valence-corrected chi connectivity index (χ4v) is 3.45. The number of rotatable bonds is 8.